The number of esters is 3. The topological polar surface area (TPSA) is 197 Å². The van der Waals surface area contributed by atoms with Crippen LogP contribution in [0.2, 0.25) is 25.7 Å². The van der Waals surface area contributed by atoms with Gasteiger partial charge in [-0.05, 0) is 128 Å². The minimum Gasteiger partial charge on any atom is -0.465 e. The summed E-state index contributed by atoms with van der Waals surface area (Å²) in [5, 5.41) is 4.79. The van der Waals surface area contributed by atoms with Crippen molar-refractivity contribution in [3.05, 3.63) is 95.1 Å². The highest BCUT2D eigenvalue weighted by Gasteiger charge is 2.24. The summed E-state index contributed by atoms with van der Waals surface area (Å²) in [7, 11) is -1.47. The van der Waals surface area contributed by atoms with E-state index in [0.717, 1.165) is 6.04 Å². The molecule has 0 atom stereocenters. The van der Waals surface area contributed by atoms with Crippen LogP contribution in [-0.2, 0) is 41.6 Å². The van der Waals surface area contributed by atoms with Gasteiger partial charge in [-0.3, -0.25) is 20.3 Å². The van der Waals surface area contributed by atoms with Gasteiger partial charge in [-0.15, -0.1) is 0 Å². The molecule has 3 aromatic rings. The molecule has 17 heteroatoms. The molecule has 0 aliphatic heterocycles. The minimum atomic E-state index is -1.47. The molecule has 0 saturated carbocycles. The zero-order valence-corrected chi connectivity index (χ0v) is 38.8. The zero-order chi connectivity index (χ0) is 46.5. The summed E-state index contributed by atoms with van der Waals surface area (Å²) in [5.41, 5.74) is -0.440. The van der Waals surface area contributed by atoms with Crippen molar-refractivity contribution in [1.82, 2.24) is 15.5 Å². The Hall–Kier alpha value is -6.23. The summed E-state index contributed by atoms with van der Waals surface area (Å²) in [6, 6.07) is 19.5. The van der Waals surface area contributed by atoms with E-state index in [1.807, 2.05) is 0 Å². The molecule has 0 fully saturated rings. The predicted octanol–water partition coefficient (Wildman–Crippen LogP) is 8.92. The molecule has 16 nitrogen and oxygen atoms in total. The van der Waals surface area contributed by atoms with Crippen molar-refractivity contribution in [2.45, 2.75) is 118 Å². The monoisotopic (exact) mass is 876 g/mol. The van der Waals surface area contributed by atoms with E-state index in [4.69, 9.17) is 28.4 Å². The highest BCUT2D eigenvalue weighted by Crippen LogP contribution is 2.20. The number of amides is 3. The molecule has 62 heavy (non-hydrogen) atoms. The summed E-state index contributed by atoms with van der Waals surface area (Å²) in [6.07, 6.45) is -2.50. The summed E-state index contributed by atoms with van der Waals surface area (Å²) < 4.78 is 32.6. The number of nitrogens with one attached hydrogen (secondary N) is 2. The molecule has 0 aromatic heterocycles. The van der Waals surface area contributed by atoms with Gasteiger partial charge < -0.3 is 28.4 Å². The smallest absolute Gasteiger partial charge is 0.414 e. The van der Waals surface area contributed by atoms with E-state index in [2.05, 4.69) is 35.3 Å². The number of rotatable bonds is 13. The SMILES string of the molecule is CC(C)(C)OC(=O)NC(=Nc1ccc(C(=O)Oc2ccc(COC(=O)N(CC(=O)OCC[Si](C)(C)C)Cc3cccc(C(=O)OC(C)(C)C)c3)cc2)cc1)NC(=O)OC(C)(C)C. The second-order valence-electron chi connectivity index (χ2n) is 18.4. The Bertz CT molecular complexity index is 2040. The Morgan fingerprint density at radius 1 is 0.645 bits per heavy atom. The van der Waals surface area contributed by atoms with E-state index in [1.54, 1.807) is 98.7 Å². The second kappa shape index (κ2) is 21.5. The number of alkyl carbamates (subject to hydrolysis) is 2. The number of aliphatic imine (C=N–C) groups is 1. The molecule has 0 aliphatic rings. The first-order valence-corrected chi connectivity index (χ1v) is 23.7. The van der Waals surface area contributed by atoms with Crippen LogP contribution in [0.4, 0.5) is 20.1 Å². The molecule has 336 valence electrons. The first kappa shape index (κ1) is 50.1. The number of ether oxygens (including phenoxy) is 6. The molecule has 3 amide bonds. The average Bonchev–Trinajstić information content (AvgIpc) is 3.11. The minimum absolute atomic E-state index is 0.0477. The van der Waals surface area contributed by atoms with E-state index >= 15 is 0 Å². The van der Waals surface area contributed by atoms with Crippen LogP contribution in [0.3, 0.4) is 0 Å². The first-order chi connectivity index (χ1) is 28.6. The molecular weight excluding hydrogens is 817 g/mol. The van der Waals surface area contributed by atoms with Gasteiger partial charge >= 0.3 is 36.2 Å². The van der Waals surface area contributed by atoms with Crippen LogP contribution in [0, 0.1) is 0 Å². The average molecular weight is 877 g/mol. The van der Waals surface area contributed by atoms with Crippen molar-refractivity contribution < 1.29 is 57.2 Å². The van der Waals surface area contributed by atoms with Crippen molar-refractivity contribution in [3.8, 4) is 5.75 Å². The van der Waals surface area contributed by atoms with Crippen LogP contribution >= 0.6 is 0 Å². The predicted molar refractivity (Wildman–Crippen MR) is 235 cm³/mol. The Morgan fingerprint density at radius 2 is 1.21 bits per heavy atom. The standard InChI is InChI=1S/C45H60N4O12Si/c1-43(2,3)59-38(52)33-15-13-14-31(26-33)27-49(28-36(50)56-24-25-62(10,11)12)42(55)57-29-30-16-22-35(23-17-30)58-37(51)32-18-20-34(21-19-32)46-39(47-40(53)60-44(4,5)6)48-41(54)61-45(7,8)9/h13-23,26H,24-25,27-29H2,1-12H3,(H2,46,47,48,53,54). The van der Waals surface area contributed by atoms with Gasteiger partial charge in [0.25, 0.3) is 0 Å². The van der Waals surface area contributed by atoms with Crippen molar-refractivity contribution in [2.75, 3.05) is 13.2 Å². The van der Waals surface area contributed by atoms with Gasteiger partial charge in [0.2, 0.25) is 5.96 Å². The molecule has 0 aliphatic carbocycles. The van der Waals surface area contributed by atoms with E-state index in [-0.39, 0.29) is 49.3 Å². The van der Waals surface area contributed by atoms with Crippen LogP contribution < -0.4 is 15.4 Å². The third kappa shape index (κ3) is 19.9. The van der Waals surface area contributed by atoms with E-state index in [0.29, 0.717) is 16.7 Å². The fourth-order valence-corrected chi connectivity index (χ4v) is 5.67. The highest BCUT2D eigenvalue weighted by molar-refractivity contribution is 6.76. The second-order valence-corrected chi connectivity index (χ2v) is 24.1. The van der Waals surface area contributed by atoms with Gasteiger partial charge in [-0.1, -0.05) is 43.9 Å². The van der Waals surface area contributed by atoms with Gasteiger partial charge in [-0.25, -0.2) is 29.0 Å². The molecule has 0 spiro atoms. The van der Waals surface area contributed by atoms with Crippen molar-refractivity contribution >= 4 is 55.9 Å². The fourth-order valence-electron chi connectivity index (χ4n) is 4.96. The summed E-state index contributed by atoms with van der Waals surface area (Å²) in [4.78, 5) is 82.4. The number of carbonyl (C=O) groups is 6. The van der Waals surface area contributed by atoms with Gasteiger partial charge in [0.15, 0.2) is 0 Å². The Balaban J connectivity index is 1.68. The number of benzene rings is 3. The fraction of sp³-hybridized carbons (Fsp3) is 0.444. The van der Waals surface area contributed by atoms with E-state index in [9.17, 15) is 28.8 Å². The molecule has 0 saturated heterocycles. The van der Waals surface area contributed by atoms with Gasteiger partial charge in [-0.2, -0.15) is 0 Å². The summed E-state index contributed by atoms with van der Waals surface area (Å²) in [6.45, 7) is 21.5. The zero-order valence-electron chi connectivity index (χ0n) is 37.8. The van der Waals surface area contributed by atoms with Crippen LogP contribution in [0.15, 0.2) is 77.8 Å². The number of carbonyl (C=O) groups excluding carboxylic acids is 6. The Kier molecular flexibility index (Phi) is 17.4. The van der Waals surface area contributed by atoms with E-state index in [1.165, 1.54) is 41.3 Å². The van der Waals surface area contributed by atoms with Crippen molar-refractivity contribution in [3.63, 3.8) is 0 Å². The lowest BCUT2D eigenvalue weighted by molar-refractivity contribution is -0.144. The van der Waals surface area contributed by atoms with Crippen LogP contribution in [0.5, 0.6) is 5.75 Å². The summed E-state index contributed by atoms with van der Waals surface area (Å²) >= 11 is 0. The molecule has 2 N–H and O–H groups in total. The van der Waals surface area contributed by atoms with Crippen molar-refractivity contribution in [2.24, 2.45) is 4.99 Å². The van der Waals surface area contributed by atoms with Crippen LogP contribution in [-0.4, -0.2) is 85.1 Å². The molecule has 0 unspecified atom stereocenters. The molecule has 3 rings (SSSR count). The first-order valence-electron chi connectivity index (χ1n) is 20.0. The number of hydrogen-bond acceptors (Lipinski definition) is 13. The lowest BCUT2D eigenvalue weighted by Gasteiger charge is -2.23. The Morgan fingerprint density at radius 3 is 1.74 bits per heavy atom. The highest BCUT2D eigenvalue weighted by atomic mass is 28.3. The number of guanidine groups is 1. The molecule has 0 bridgehead atoms. The molecule has 0 radical (unpaired) electrons. The maximum absolute atomic E-state index is 13.4. The molecule has 3 aromatic carbocycles. The van der Waals surface area contributed by atoms with Gasteiger partial charge in [0.05, 0.1) is 23.4 Å². The largest absolute Gasteiger partial charge is 0.465 e. The van der Waals surface area contributed by atoms with Gasteiger partial charge in [0.1, 0.15) is 35.7 Å². The van der Waals surface area contributed by atoms with E-state index < -0.39 is 61.1 Å². The third-order valence-electron chi connectivity index (χ3n) is 7.71. The maximum Gasteiger partial charge on any atom is 0.414 e. The molecule has 0 heterocycles. The maximum atomic E-state index is 13.4. The van der Waals surface area contributed by atoms with Gasteiger partial charge in [0, 0.05) is 14.6 Å². The Labute approximate surface area is 364 Å². The lowest BCUT2D eigenvalue weighted by atomic mass is 10.1. The van der Waals surface area contributed by atoms with Crippen LogP contribution in [0.25, 0.3) is 0 Å². The van der Waals surface area contributed by atoms with Crippen LogP contribution in [0.1, 0.15) is 94.2 Å². The van der Waals surface area contributed by atoms with Crippen molar-refractivity contribution in [1.29, 1.82) is 0 Å². The number of hydrogen-bond donors (Lipinski definition) is 2. The normalized spacial score (nSPS) is 11.6. The molecular formula is C45H60N4O12Si. The number of nitrogens with zero attached hydrogens (tertiary/aromatic N) is 2. The third-order valence-corrected chi connectivity index (χ3v) is 9.41. The summed E-state index contributed by atoms with van der Waals surface area (Å²) in [5.74, 6) is -1.84. The quantitative estimate of drug-likeness (QED) is 0.0414. The lowest BCUT2D eigenvalue weighted by Crippen LogP contribution is -2.47.